The average molecular weight is 392 g/mol. The van der Waals surface area contributed by atoms with Crippen molar-refractivity contribution in [3.63, 3.8) is 0 Å². The molecule has 1 aromatic heterocycles. The highest BCUT2D eigenvalue weighted by Crippen LogP contribution is 2.34. The SMILES string of the molecule is Cc1cc(CC(=O)O)cc(C)c1Oc1ccc2[nH]cc(CC3CCCCC3)c2c1. The first-order valence-corrected chi connectivity index (χ1v) is 10.6. The quantitative estimate of drug-likeness (QED) is 0.516. The van der Waals surface area contributed by atoms with Gasteiger partial charge in [-0.3, -0.25) is 4.79 Å². The Labute approximate surface area is 171 Å². The third kappa shape index (κ3) is 4.47. The fourth-order valence-corrected chi connectivity index (χ4v) is 4.69. The van der Waals surface area contributed by atoms with Crippen molar-refractivity contribution in [1.29, 1.82) is 0 Å². The predicted octanol–water partition coefficient (Wildman–Crippen LogP) is 6.33. The smallest absolute Gasteiger partial charge is 0.307 e. The molecule has 1 fully saturated rings. The summed E-state index contributed by atoms with van der Waals surface area (Å²) in [6.07, 6.45) is 10.1. The van der Waals surface area contributed by atoms with E-state index in [0.29, 0.717) is 0 Å². The Kier molecular flexibility index (Phi) is 5.61. The van der Waals surface area contributed by atoms with Crippen molar-refractivity contribution in [1.82, 2.24) is 4.98 Å². The number of H-pyrrole nitrogens is 1. The molecule has 2 aromatic carbocycles. The minimum absolute atomic E-state index is 0.0296. The molecule has 0 spiro atoms. The fraction of sp³-hybridized carbons (Fsp3) is 0.400. The first-order chi connectivity index (χ1) is 14.0. The van der Waals surface area contributed by atoms with Gasteiger partial charge in [0.2, 0.25) is 0 Å². The Bertz CT molecular complexity index is 1000. The van der Waals surface area contributed by atoms with Crippen molar-refractivity contribution in [3.05, 3.63) is 58.8 Å². The molecule has 152 valence electrons. The number of benzene rings is 2. The molecule has 1 aliphatic carbocycles. The van der Waals surface area contributed by atoms with E-state index in [1.807, 2.05) is 32.0 Å². The van der Waals surface area contributed by atoms with E-state index in [4.69, 9.17) is 9.84 Å². The molecule has 2 N–H and O–H groups in total. The summed E-state index contributed by atoms with van der Waals surface area (Å²) < 4.78 is 6.26. The molecule has 1 aliphatic rings. The van der Waals surface area contributed by atoms with E-state index in [9.17, 15) is 4.79 Å². The third-order valence-electron chi connectivity index (χ3n) is 6.07. The summed E-state index contributed by atoms with van der Waals surface area (Å²) in [6.45, 7) is 3.94. The Morgan fingerprint density at radius 2 is 1.83 bits per heavy atom. The molecule has 0 radical (unpaired) electrons. The molecule has 0 unspecified atom stereocenters. The number of carbonyl (C=O) groups is 1. The normalized spacial score (nSPS) is 15.0. The molecule has 1 saturated carbocycles. The monoisotopic (exact) mass is 391 g/mol. The number of rotatable bonds is 6. The van der Waals surface area contributed by atoms with E-state index < -0.39 is 5.97 Å². The lowest BCUT2D eigenvalue weighted by Gasteiger charge is -2.21. The summed E-state index contributed by atoms with van der Waals surface area (Å²) in [4.78, 5) is 14.4. The Morgan fingerprint density at radius 3 is 2.52 bits per heavy atom. The van der Waals surface area contributed by atoms with Crippen LogP contribution in [0.3, 0.4) is 0 Å². The summed E-state index contributed by atoms with van der Waals surface area (Å²) in [5.41, 5.74) is 5.24. The molecular formula is C25H29NO3. The Hall–Kier alpha value is -2.75. The van der Waals surface area contributed by atoms with Gasteiger partial charge in [-0.15, -0.1) is 0 Å². The standard InChI is InChI=1S/C25H29NO3/c1-16-10-19(13-24(27)28)11-17(2)25(16)29-21-8-9-23-22(14-21)20(15-26-23)12-18-6-4-3-5-7-18/h8-11,14-15,18,26H,3-7,12-13H2,1-2H3,(H,27,28). The molecule has 0 saturated heterocycles. The number of carboxylic acid groups (broad SMARTS) is 1. The van der Waals surface area contributed by atoms with Crippen molar-refractivity contribution in [2.24, 2.45) is 5.92 Å². The van der Waals surface area contributed by atoms with Crippen LogP contribution in [0.5, 0.6) is 11.5 Å². The van der Waals surface area contributed by atoms with Gasteiger partial charge in [-0.1, -0.05) is 44.2 Å². The van der Waals surface area contributed by atoms with Crippen molar-refractivity contribution >= 4 is 16.9 Å². The van der Waals surface area contributed by atoms with Gasteiger partial charge in [-0.25, -0.2) is 0 Å². The van der Waals surface area contributed by atoms with E-state index in [0.717, 1.165) is 46.0 Å². The van der Waals surface area contributed by atoms with Gasteiger partial charge in [0.05, 0.1) is 6.42 Å². The Balaban J connectivity index is 1.58. The maximum absolute atomic E-state index is 11.0. The highest BCUT2D eigenvalue weighted by Gasteiger charge is 2.17. The van der Waals surface area contributed by atoms with Crippen LogP contribution in [0, 0.1) is 19.8 Å². The minimum atomic E-state index is -0.819. The zero-order valence-corrected chi connectivity index (χ0v) is 17.3. The van der Waals surface area contributed by atoms with E-state index in [2.05, 4.69) is 23.3 Å². The topological polar surface area (TPSA) is 62.3 Å². The fourth-order valence-electron chi connectivity index (χ4n) is 4.69. The van der Waals surface area contributed by atoms with Crippen LogP contribution in [0.2, 0.25) is 0 Å². The van der Waals surface area contributed by atoms with Gasteiger partial charge < -0.3 is 14.8 Å². The lowest BCUT2D eigenvalue weighted by Crippen LogP contribution is -2.08. The summed E-state index contributed by atoms with van der Waals surface area (Å²) in [7, 11) is 0. The van der Waals surface area contributed by atoms with E-state index in [1.165, 1.54) is 43.1 Å². The van der Waals surface area contributed by atoms with E-state index in [1.54, 1.807) is 0 Å². The molecule has 0 atom stereocenters. The number of hydrogen-bond donors (Lipinski definition) is 2. The van der Waals surface area contributed by atoms with Crippen LogP contribution in [0.25, 0.3) is 10.9 Å². The molecule has 4 nitrogen and oxygen atoms in total. The van der Waals surface area contributed by atoms with Crippen LogP contribution in [0.1, 0.15) is 54.4 Å². The third-order valence-corrected chi connectivity index (χ3v) is 6.07. The molecular weight excluding hydrogens is 362 g/mol. The van der Waals surface area contributed by atoms with Crippen LogP contribution >= 0.6 is 0 Å². The zero-order chi connectivity index (χ0) is 20.4. The van der Waals surface area contributed by atoms with Crippen molar-refractivity contribution < 1.29 is 14.6 Å². The van der Waals surface area contributed by atoms with E-state index >= 15 is 0 Å². The lowest BCUT2D eigenvalue weighted by atomic mass is 9.85. The number of ether oxygens (including phenoxy) is 1. The van der Waals surface area contributed by atoms with Gasteiger partial charge >= 0.3 is 5.97 Å². The molecule has 1 heterocycles. The summed E-state index contributed by atoms with van der Waals surface area (Å²) in [5.74, 6) is 1.60. The van der Waals surface area contributed by atoms with Gasteiger partial charge in [0, 0.05) is 17.1 Å². The van der Waals surface area contributed by atoms with Crippen LogP contribution in [-0.2, 0) is 17.6 Å². The van der Waals surface area contributed by atoms with Crippen LogP contribution in [-0.4, -0.2) is 16.1 Å². The highest BCUT2D eigenvalue weighted by molar-refractivity contribution is 5.84. The van der Waals surface area contributed by atoms with Crippen molar-refractivity contribution in [2.75, 3.05) is 0 Å². The largest absolute Gasteiger partial charge is 0.481 e. The summed E-state index contributed by atoms with van der Waals surface area (Å²) in [6, 6.07) is 10.0. The van der Waals surface area contributed by atoms with Crippen LogP contribution in [0.15, 0.2) is 36.5 Å². The highest BCUT2D eigenvalue weighted by atomic mass is 16.5. The number of aromatic nitrogens is 1. The zero-order valence-electron chi connectivity index (χ0n) is 17.3. The van der Waals surface area contributed by atoms with Crippen molar-refractivity contribution in [2.45, 2.75) is 58.8 Å². The molecule has 0 aliphatic heterocycles. The number of aryl methyl sites for hydroxylation is 2. The Morgan fingerprint density at radius 1 is 1.10 bits per heavy atom. The van der Waals surface area contributed by atoms with Gasteiger partial charge in [-0.2, -0.15) is 0 Å². The number of aliphatic carboxylic acids is 1. The van der Waals surface area contributed by atoms with Crippen molar-refractivity contribution in [3.8, 4) is 11.5 Å². The number of hydrogen-bond acceptors (Lipinski definition) is 2. The summed E-state index contributed by atoms with van der Waals surface area (Å²) >= 11 is 0. The molecule has 0 amide bonds. The number of fused-ring (bicyclic) bond motifs is 1. The number of carboxylic acids is 1. The molecule has 3 aromatic rings. The van der Waals surface area contributed by atoms with Gasteiger partial charge in [-0.05, 0) is 66.6 Å². The molecule has 4 rings (SSSR count). The maximum atomic E-state index is 11.0. The predicted molar refractivity (Wildman–Crippen MR) is 116 cm³/mol. The second-order valence-corrected chi connectivity index (χ2v) is 8.46. The van der Waals surface area contributed by atoms with Crippen LogP contribution in [0.4, 0.5) is 0 Å². The second kappa shape index (κ2) is 8.32. The molecule has 29 heavy (non-hydrogen) atoms. The van der Waals surface area contributed by atoms with E-state index in [-0.39, 0.29) is 6.42 Å². The first kappa shape index (κ1) is 19.6. The van der Waals surface area contributed by atoms with Gasteiger partial charge in [0.15, 0.2) is 0 Å². The lowest BCUT2D eigenvalue weighted by molar-refractivity contribution is -0.136. The number of aromatic amines is 1. The van der Waals surface area contributed by atoms with Crippen LogP contribution < -0.4 is 4.74 Å². The number of nitrogens with one attached hydrogen (secondary N) is 1. The second-order valence-electron chi connectivity index (χ2n) is 8.46. The minimum Gasteiger partial charge on any atom is -0.481 e. The first-order valence-electron chi connectivity index (χ1n) is 10.6. The summed E-state index contributed by atoms with van der Waals surface area (Å²) in [5, 5.41) is 10.3. The van der Waals surface area contributed by atoms with Gasteiger partial charge in [0.1, 0.15) is 11.5 Å². The maximum Gasteiger partial charge on any atom is 0.307 e. The molecule has 0 bridgehead atoms. The molecule has 4 heteroatoms. The average Bonchev–Trinajstić information content (AvgIpc) is 3.07. The van der Waals surface area contributed by atoms with Gasteiger partial charge in [0.25, 0.3) is 0 Å².